The summed E-state index contributed by atoms with van der Waals surface area (Å²) in [5, 5.41) is 16.5. The molecule has 1 saturated carbocycles. The van der Waals surface area contributed by atoms with Gasteiger partial charge >= 0.3 is 0 Å². The van der Waals surface area contributed by atoms with Gasteiger partial charge in [0.25, 0.3) is 0 Å². The maximum Gasteiger partial charge on any atom is 0.232 e. The normalized spacial score (nSPS) is 41.1. The van der Waals surface area contributed by atoms with Crippen LogP contribution in [0.1, 0.15) is 38.2 Å². The summed E-state index contributed by atoms with van der Waals surface area (Å²) in [7, 11) is 0. The van der Waals surface area contributed by atoms with E-state index in [4.69, 9.17) is 0 Å². The fourth-order valence-electron chi connectivity index (χ4n) is 7.23. The Hall–Kier alpha value is -1.50. The summed E-state index contributed by atoms with van der Waals surface area (Å²) in [5.41, 5.74) is 0.728. The smallest absolute Gasteiger partial charge is 0.232 e. The van der Waals surface area contributed by atoms with Crippen molar-refractivity contribution in [1.29, 1.82) is 0 Å². The molecular formula is C23H32FN3O2. The van der Waals surface area contributed by atoms with Crippen molar-refractivity contribution in [3.63, 3.8) is 0 Å². The Morgan fingerprint density at radius 2 is 2.10 bits per heavy atom. The molecule has 5 fully saturated rings. The van der Waals surface area contributed by atoms with E-state index >= 15 is 0 Å². The lowest BCUT2D eigenvalue weighted by Gasteiger charge is -2.67. The number of benzene rings is 1. The highest BCUT2D eigenvalue weighted by Crippen LogP contribution is 2.59. The number of likely N-dealkylation sites (tertiary alicyclic amines) is 1. The highest BCUT2D eigenvalue weighted by molar-refractivity contribution is 5.83. The van der Waals surface area contributed by atoms with Gasteiger partial charge in [-0.05, 0) is 49.8 Å². The van der Waals surface area contributed by atoms with Gasteiger partial charge in [0.15, 0.2) is 0 Å². The molecule has 1 amide bonds. The Morgan fingerprint density at radius 3 is 2.83 bits per heavy atom. The van der Waals surface area contributed by atoms with Gasteiger partial charge in [-0.15, -0.1) is 0 Å². The van der Waals surface area contributed by atoms with Crippen molar-refractivity contribution in [2.75, 3.05) is 39.3 Å². The predicted octanol–water partition coefficient (Wildman–Crippen LogP) is 2.69. The molecule has 1 aliphatic carbocycles. The molecule has 6 rings (SSSR count). The van der Waals surface area contributed by atoms with Gasteiger partial charge in [0.05, 0.1) is 25.0 Å². The van der Waals surface area contributed by atoms with Crippen LogP contribution in [0.15, 0.2) is 24.3 Å². The zero-order chi connectivity index (χ0) is 20.3. The van der Waals surface area contributed by atoms with Crippen LogP contribution in [-0.4, -0.2) is 60.8 Å². The molecule has 0 radical (unpaired) electrons. The summed E-state index contributed by atoms with van der Waals surface area (Å²) in [6.07, 6.45) is 4.75. The molecule has 5 aliphatic rings. The third-order valence-corrected chi connectivity index (χ3v) is 7.80. The minimum atomic E-state index is -0.447. The van der Waals surface area contributed by atoms with Gasteiger partial charge in [-0.3, -0.25) is 4.79 Å². The van der Waals surface area contributed by atoms with Crippen molar-refractivity contribution in [3.05, 3.63) is 40.9 Å². The van der Waals surface area contributed by atoms with Crippen molar-refractivity contribution in [2.45, 2.75) is 45.1 Å². The van der Waals surface area contributed by atoms with Crippen LogP contribution in [0.3, 0.4) is 0 Å². The fourth-order valence-corrected chi connectivity index (χ4v) is 7.23. The Morgan fingerprint density at radius 1 is 1.31 bits per heavy atom. The first-order valence-corrected chi connectivity index (χ1v) is 11.1. The van der Waals surface area contributed by atoms with E-state index in [0.717, 1.165) is 57.3 Å². The molecule has 0 aromatic heterocycles. The third-order valence-electron chi connectivity index (χ3n) is 7.80. The van der Waals surface area contributed by atoms with Gasteiger partial charge in [0, 0.05) is 37.0 Å². The fraction of sp³-hybridized carbons (Fsp3) is 0.696. The van der Waals surface area contributed by atoms with Crippen LogP contribution in [0, 0.1) is 27.8 Å². The van der Waals surface area contributed by atoms with Crippen molar-refractivity contribution < 1.29 is 13.8 Å². The van der Waals surface area contributed by atoms with Gasteiger partial charge < -0.3 is 20.1 Å². The lowest BCUT2D eigenvalue weighted by Crippen LogP contribution is -2.72. The number of nitrogens with one attached hydrogen (secondary N) is 1. The van der Waals surface area contributed by atoms with E-state index in [2.05, 4.69) is 17.1 Å². The molecule has 158 valence electrons. The molecule has 4 heterocycles. The van der Waals surface area contributed by atoms with E-state index in [9.17, 15) is 14.4 Å². The molecule has 5 unspecified atom stereocenters. The number of carbonyl (C=O) groups excluding carboxylic acids is 1. The van der Waals surface area contributed by atoms with Crippen LogP contribution in [0.25, 0.3) is 0 Å². The summed E-state index contributed by atoms with van der Waals surface area (Å²) in [4.78, 5) is 15.7. The number of amides is 1. The quantitative estimate of drug-likeness (QED) is 0.610. The Kier molecular flexibility index (Phi) is 4.53. The van der Waals surface area contributed by atoms with Crippen molar-refractivity contribution >= 4 is 5.91 Å². The van der Waals surface area contributed by atoms with Crippen LogP contribution in [0.2, 0.25) is 0 Å². The summed E-state index contributed by atoms with van der Waals surface area (Å²) in [6, 6.07) is 6.88. The molecule has 5 atom stereocenters. The van der Waals surface area contributed by atoms with Gasteiger partial charge in [0.2, 0.25) is 5.91 Å². The van der Waals surface area contributed by atoms with Gasteiger partial charge in [0.1, 0.15) is 5.82 Å². The molecule has 4 saturated heterocycles. The maximum atomic E-state index is 13.3. The molecule has 5 nitrogen and oxygen atoms in total. The largest absolute Gasteiger partial charge is 0.633 e. The molecule has 29 heavy (non-hydrogen) atoms. The average molecular weight is 402 g/mol. The van der Waals surface area contributed by atoms with E-state index in [1.807, 2.05) is 12.1 Å². The second-order valence-electron chi connectivity index (χ2n) is 10.7. The number of rotatable bonds is 5. The van der Waals surface area contributed by atoms with E-state index in [1.165, 1.54) is 12.1 Å². The highest BCUT2D eigenvalue weighted by Gasteiger charge is 2.63. The summed E-state index contributed by atoms with van der Waals surface area (Å²) < 4.78 is 12.9. The van der Waals surface area contributed by atoms with Crippen LogP contribution in [-0.2, 0) is 11.2 Å². The van der Waals surface area contributed by atoms with E-state index < -0.39 is 5.41 Å². The second kappa shape index (κ2) is 6.76. The second-order valence-corrected chi connectivity index (χ2v) is 10.7. The van der Waals surface area contributed by atoms with E-state index in [-0.39, 0.29) is 27.8 Å². The monoisotopic (exact) mass is 401 g/mol. The Labute approximate surface area is 172 Å². The molecular weight excluding hydrogens is 369 g/mol. The molecule has 6 heteroatoms. The minimum Gasteiger partial charge on any atom is -0.633 e. The van der Waals surface area contributed by atoms with Crippen molar-refractivity contribution in [1.82, 2.24) is 10.2 Å². The number of carbonyl (C=O) groups is 1. The minimum absolute atomic E-state index is 0.0371. The SMILES string of the molecule is CC12CC3CC(C(=O)NC4CCN(CCc5ccc(F)cc5)C4)(C1)C[N+]([O-])(C3)C2. The van der Waals surface area contributed by atoms with Crippen LogP contribution in [0.4, 0.5) is 4.39 Å². The van der Waals surface area contributed by atoms with Crippen LogP contribution >= 0.6 is 0 Å². The van der Waals surface area contributed by atoms with Crippen molar-refractivity contribution in [2.24, 2.45) is 16.7 Å². The van der Waals surface area contributed by atoms with Gasteiger partial charge in [-0.2, -0.15) is 0 Å². The van der Waals surface area contributed by atoms with Gasteiger partial charge in [-0.25, -0.2) is 4.39 Å². The van der Waals surface area contributed by atoms with Crippen LogP contribution in [0.5, 0.6) is 0 Å². The number of hydroxylamine groups is 3. The number of quaternary nitrogens is 1. The first-order valence-electron chi connectivity index (χ1n) is 11.1. The zero-order valence-corrected chi connectivity index (χ0v) is 17.3. The standard InChI is InChI=1S/C23H32FN3O2/c1-22-10-18-11-23(14-22,16-27(29,13-18)15-22)21(28)25-20-7-9-26(12-20)8-6-17-2-4-19(24)5-3-17/h2-5,18,20H,6-16H2,1H3,(H,25,28). The lowest BCUT2D eigenvalue weighted by atomic mass is 9.53. The Bertz CT molecular complexity index is 780. The lowest BCUT2D eigenvalue weighted by molar-refractivity contribution is -0.917. The molecule has 0 spiro atoms. The number of hydrogen-bond acceptors (Lipinski definition) is 3. The van der Waals surface area contributed by atoms with Gasteiger partial charge in [-0.1, -0.05) is 19.1 Å². The van der Waals surface area contributed by atoms with E-state index in [1.54, 1.807) is 0 Å². The predicted molar refractivity (Wildman–Crippen MR) is 109 cm³/mol. The summed E-state index contributed by atoms with van der Waals surface area (Å²) in [6.45, 7) is 6.86. The highest BCUT2D eigenvalue weighted by atomic mass is 19.1. The Balaban J connectivity index is 1.17. The number of halogens is 1. The molecule has 4 aliphatic heterocycles. The van der Waals surface area contributed by atoms with Crippen molar-refractivity contribution in [3.8, 4) is 0 Å². The molecule has 1 N–H and O–H groups in total. The van der Waals surface area contributed by atoms with E-state index in [0.29, 0.717) is 25.6 Å². The first-order chi connectivity index (χ1) is 13.7. The molecule has 1 aromatic rings. The molecule has 1 aromatic carbocycles. The zero-order valence-electron chi connectivity index (χ0n) is 17.3. The first kappa shape index (κ1) is 19.5. The average Bonchev–Trinajstić information content (AvgIpc) is 3.05. The third kappa shape index (κ3) is 3.71. The molecule has 4 bridgehead atoms. The summed E-state index contributed by atoms with van der Waals surface area (Å²) in [5.74, 6) is 0.349. The maximum absolute atomic E-state index is 13.3. The number of piperidine rings is 3. The van der Waals surface area contributed by atoms with Crippen LogP contribution < -0.4 is 5.32 Å². The summed E-state index contributed by atoms with van der Waals surface area (Å²) >= 11 is 0. The number of hydrogen-bond donors (Lipinski definition) is 1. The topological polar surface area (TPSA) is 55.4 Å². The number of nitrogens with zero attached hydrogens (tertiary/aromatic N) is 2.